The first-order valence-electron chi connectivity index (χ1n) is 50.7. The highest BCUT2D eigenvalue weighted by Crippen LogP contribution is 2.60. The first kappa shape index (κ1) is 88.8. The Balaban J connectivity index is 0.000000124. The smallest absolute Gasteiger partial charge is 0.0714 e. The lowest BCUT2D eigenvalue weighted by Gasteiger charge is -2.35. The number of hydrogen-bond donors (Lipinski definition) is 0. The van der Waals surface area contributed by atoms with Gasteiger partial charge in [0.2, 0.25) is 0 Å². The topological polar surface area (TPSA) is 13.1 Å². The molecule has 24 aromatic carbocycles. The van der Waals surface area contributed by atoms with Crippen LogP contribution in [0.4, 0.5) is 17.1 Å². The van der Waals surface area contributed by atoms with Gasteiger partial charge in [-0.05, 0) is 282 Å². The summed E-state index contributed by atoms with van der Waals surface area (Å²) < 4.78 is 5.93. The minimum absolute atomic E-state index is 0.346. The van der Waals surface area contributed by atoms with Crippen molar-refractivity contribution in [1.29, 1.82) is 0 Å². The van der Waals surface area contributed by atoms with Crippen molar-refractivity contribution in [3.63, 3.8) is 0 Å². The maximum atomic E-state index is 3.63. The van der Waals surface area contributed by atoms with E-state index in [2.05, 4.69) is 612 Å². The molecule has 28 rings (SSSR count). The number of halogens is 1. The van der Waals surface area contributed by atoms with Crippen LogP contribution in [0.15, 0.2) is 587 Å². The Morgan fingerprint density at radius 3 is 0.946 bits per heavy atom. The number of aromatic nitrogens is 2. The number of para-hydroxylation sites is 2. The summed E-state index contributed by atoms with van der Waals surface area (Å²) in [5.74, 6) is 0. The first-order valence-corrected chi connectivity index (χ1v) is 51.5. The van der Waals surface area contributed by atoms with Crippen LogP contribution in [0, 0.1) is 0 Å². The third kappa shape index (κ3) is 16.1. The second kappa shape index (κ2) is 38.2. The molecule has 0 unspecified atom stereocenters. The lowest BCUT2D eigenvalue weighted by atomic mass is 9.67. The molecule has 0 N–H and O–H groups in total. The van der Waals surface area contributed by atoms with Crippen LogP contribution in [0.25, 0.3) is 166 Å². The summed E-state index contributed by atoms with van der Waals surface area (Å²) in [6.07, 6.45) is 0.901. The van der Waals surface area contributed by atoms with Crippen molar-refractivity contribution in [2.24, 2.45) is 0 Å². The van der Waals surface area contributed by atoms with E-state index in [1.165, 1.54) is 204 Å². The quantitative estimate of drug-likeness (QED) is 0.0886. The lowest BCUT2D eigenvalue weighted by molar-refractivity contribution is 0.767. The molecular formula is C143H98BrN3. The summed E-state index contributed by atoms with van der Waals surface area (Å²) >= 11 is 3.63. The highest BCUT2D eigenvalue weighted by Gasteiger charge is 2.48. The van der Waals surface area contributed by atoms with Crippen LogP contribution in [-0.2, 0) is 17.3 Å². The van der Waals surface area contributed by atoms with Crippen molar-refractivity contribution >= 4 is 98.1 Å². The van der Waals surface area contributed by atoms with Gasteiger partial charge in [0, 0.05) is 54.5 Å². The van der Waals surface area contributed by atoms with Gasteiger partial charge in [0.15, 0.2) is 0 Å². The van der Waals surface area contributed by atoms with Crippen LogP contribution in [-0.4, -0.2) is 9.13 Å². The Labute approximate surface area is 865 Å². The van der Waals surface area contributed by atoms with E-state index >= 15 is 0 Å². The van der Waals surface area contributed by atoms with E-state index < -0.39 is 5.41 Å². The maximum absolute atomic E-state index is 3.63. The normalized spacial score (nSPS) is 12.4. The molecule has 0 aliphatic heterocycles. The van der Waals surface area contributed by atoms with Crippen molar-refractivity contribution < 1.29 is 0 Å². The molecule has 0 saturated heterocycles. The fraction of sp³-hybridized carbons (Fsp3) is 0.0210. The van der Waals surface area contributed by atoms with Gasteiger partial charge in [-0.1, -0.05) is 489 Å². The van der Waals surface area contributed by atoms with Gasteiger partial charge in [0.1, 0.15) is 0 Å². The maximum Gasteiger partial charge on any atom is 0.0714 e. The number of nitrogens with zero attached hydrogens (tertiary/aromatic N) is 3. The Morgan fingerprint density at radius 1 is 0.177 bits per heavy atom. The molecule has 0 amide bonds. The van der Waals surface area contributed by atoms with Crippen molar-refractivity contribution in [3.8, 4) is 100 Å². The van der Waals surface area contributed by atoms with Gasteiger partial charge in [-0.25, -0.2) is 0 Å². The first-order chi connectivity index (χ1) is 72.8. The Bertz CT molecular complexity index is 9330. The van der Waals surface area contributed by atoms with Gasteiger partial charge >= 0.3 is 0 Å². The van der Waals surface area contributed by atoms with E-state index in [1.807, 2.05) is 0 Å². The predicted molar refractivity (Wildman–Crippen MR) is 622 cm³/mol. The highest BCUT2D eigenvalue weighted by molar-refractivity contribution is 9.10. The van der Waals surface area contributed by atoms with E-state index in [0.717, 1.165) is 44.8 Å². The molecule has 2 heterocycles. The third-order valence-corrected chi connectivity index (χ3v) is 30.7. The molecule has 0 atom stereocenters. The molecule has 26 aromatic rings. The summed E-state index contributed by atoms with van der Waals surface area (Å²) in [7, 11) is 0. The number of fused-ring (bicyclic) bond motifs is 14. The summed E-state index contributed by atoms with van der Waals surface area (Å²) in [6.45, 7) is 0. The number of anilines is 3. The molecule has 692 valence electrons. The van der Waals surface area contributed by atoms with Gasteiger partial charge in [-0.3, -0.25) is 0 Å². The lowest BCUT2D eigenvalue weighted by Crippen LogP contribution is -2.28. The van der Waals surface area contributed by atoms with E-state index in [9.17, 15) is 0 Å². The molecule has 2 aliphatic carbocycles. The van der Waals surface area contributed by atoms with Crippen molar-refractivity contribution in [2.75, 3.05) is 4.90 Å². The molecule has 0 radical (unpaired) electrons. The van der Waals surface area contributed by atoms with Crippen LogP contribution in [0.3, 0.4) is 0 Å². The molecule has 147 heavy (non-hydrogen) atoms. The molecule has 3 nitrogen and oxygen atoms in total. The van der Waals surface area contributed by atoms with Crippen LogP contribution in [0.5, 0.6) is 0 Å². The van der Waals surface area contributed by atoms with E-state index in [1.54, 1.807) is 0 Å². The van der Waals surface area contributed by atoms with Gasteiger partial charge in [-0.2, -0.15) is 0 Å². The molecule has 2 aliphatic rings. The zero-order valence-corrected chi connectivity index (χ0v) is 82.4. The molecular weight excluding hydrogens is 1840 g/mol. The highest BCUT2D eigenvalue weighted by atomic mass is 79.9. The zero-order chi connectivity index (χ0) is 97.7. The van der Waals surface area contributed by atoms with Gasteiger partial charge < -0.3 is 14.0 Å². The van der Waals surface area contributed by atoms with Gasteiger partial charge in [-0.15, -0.1) is 0 Å². The van der Waals surface area contributed by atoms with Crippen LogP contribution < -0.4 is 4.90 Å². The Kier molecular flexibility index (Phi) is 23.1. The molecule has 0 bridgehead atoms. The average Bonchev–Trinajstić information content (AvgIpc) is 1.54. The fourth-order valence-corrected chi connectivity index (χ4v) is 23.8. The SMILES string of the molecule is Brc1cccc(-c2ccc3c4ccccc4n(-c4ccc5cc(-c6ccccc6)ccc5c4)c3c2)c1.c1ccc(-c2ccc(Cc3ccc4c(c3)C(c3ccccc3)(c3ccccc3)c3ccccc3-4)cc2)cc1.c1ccc(-c2ccc(N(c3cccc(-c4ccc5c6ccccc6n(-c6ccc7cc(-c8ccccc8)ccc7c6)c5c4)c3)c3ccc4c(c3)C(c3ccccc3)(c3ccccc3)c3ccccc3-4)cc2)cc1. The summed E-state index contributed by atoms with van der Waals surface area (Å²) in [4.78, 5) is 2.44. The Hall–Kier alpha value is -18.3. The minimum atomic E-state index is -0.529. The summed E-state index contributed by atoms with van der Waals surface area (Å²) in [5.41, 5.74) is 42.3. The summed E-state index contributed by atoms with van der Waals surface area (Å²) in [6, 6.07) is 213. The second-order valence-corrected chi connectivity index (χ2v) is 39.5. The zero-order valence-electron chi connectivity index (χ0n) is 80.9. The van der Waals surface area contributed by atoms with Crippen molar-refractivity contribution in [1.82, 2.24) is 9.13 Å². The second-order valence-electron chi connectivity index (χ2n) is 38.6. The van der Waals surface area contributed by atoms with Crippen LogP contribution in [0.1, 0.15) is 55.6 Å². The number of benzene rings is 24. The predicted octanol–water partition coefficient (Wildman–Crippen LogP) is 38.1. The monoisotopic (exact) mass is 1940 g/mol. The average molecular weight is 1940 g/mol. The largest absolute Gasteiger partial charge is 0.310 e. The standard InChI is InChI=1S/C71H48N2.C38H28.C34H22BrN/c1-5-18-49(19-6-1)51-34-38-59(39-35-51)72(62-41-43-64-63-28-13-15-30-67(63)71(68(64)48-62,57-23-9-3-10-24-57)58-25-11-4-12-26-58)60-27-17-22-52(45-60)56-37-42-66-65-29-14-16-31-69(65)73(70(66)47-56)61-40-36-54-44-53(32-33-55(54)46-61)50-20-7-2-8-21-50;1-4-12-30(13-5-1)31-23-20-28(21-24-31)26-29-22-25-35-34-18-10-11-19-36(34)38(37(35)27-29,32-14-6-2-7-15-32)33-16-8-3-9-17-33;35-29-10-6-9-24(20-29)28-16-18-32-31-11-4-5-12-33(31)36(34(32)22-28)30-17-15-26-19-25(13-14-27(26)21-30)23-7-2-1-3-8-23/h1-48H;1-25,27H,26H2;1-22H. The van der Waals surface area contributed by atoms with Crippen LogP contribution in [0.2, 0.25) is 0 Å². The third-order valence-electron chi connectivity index (χ3n) is 30.2. The molecule has 2 aromatic heterocycles. The summed E-state index contributed by atoms with van der Waals surface area (Å²) in [5, 5.41) is 9.93. The fourth-order valence-electron chi connectivity index (χ4n) is 23.4. The van der Waals surface area contributed by atoms with Gasteiger partial charge in [0.25, 0.3) is 0 Å². The van der Waals surface area contributed by atoms with E-state index in [0.29, 0.717) is 0 Å². The molecule has 0 spiro atoms. The molecule has 4 heteroatoms. The van der Waals surface area contributed by atoms with Crippen LogP contribution >= 0.6 is 15.9 Å². The number of rotatable bonds is 17. The van der Waals surface area contributed by atoms with Gasteiger partial charge in [0.05, 0.1) is 32.9 Å². The van der Waals surface area contributed by atoms with Crippen molar-refractivity contribution in [3.05, 3.63) is 642 Å². The minimum Gasteiger partial charge on any atom is -0.310 e. The molecule has 0 saturated carbocycles. The molecule has 0 fully saturated rings. The number of hydrogen-bond acceptors (Lipinski definition) is 1. The Morgan fingerprint density at radius 2 is 0.483 bits per heavy atom. The van der Waals surface area contributed by atoms with Crippen molar-refractivity contribution in [2.45, 2.75) is 17.3 Å². The van der Waals surface area contributed by atoms with E-state index in [4.69, 9.17) is 0 Å². The van der Waals surface area contributed by atoms with E-state index in [-0.39, 0.29) is 5.41 Å².